The maximum Gasteiger partial charge on any atom is 0.351 e. The zero-order chi connectivity index (χ0) is 17.8. The Morgan fingerprint density at radius 2 is 1.67 bits per heavy atom. The molecule has 6 nitrogen and oxygen atoms in total. The average Bonchev–Trinajstić information content (AvgIpc) is 2.55. The number of fused-ring (bicyclic) bond motifs is 2. The molecule has 2 aliphatic rings. The van der Waals surface area contributed by atoms with Crippen LogP contribution in [0.2, 0.25) is 0 Å². The lowest BCUT2D eigenvalue weighted by molar-refractivity contribution is -0.130. The van der Waals surface area contributed by atoms with Gasteiger partial charge >= 0.3 is 6.03 Å². The summed E-state index contributed by atoms with van der Waals surface area (Å²) >= 11 is 0. The van der Waals surface area contributed by atoms with Crippen LogP contribution in [0.3, 0.4) is 0 Å². The maximum absolute atomic E-state index is 13.1. The van der Waals surface area contributed by atoms with Gasteiger partial charge in [0.05, 0.1) is 11.4 Å². The molecular weight excluding hydrogens is 304 g/mol. The summed E-state index contributed by atoms with van der Waals surface area (Å²) in [5.74, 6) is 0.171. The van der Waals surface area contributed by atoms with Gasteiger partial charge < -0.3 is 9.80 Å². The van der Waals surface area contributed by atoms with E-state index in [0.717, 1.165) is 27.4 Å². The molecule has 1 aromatic carbocycles. The molecule has 0 aromatic heterocycles. The van der Waals surface area contributed by atoms with E-state index in [1.54, 1.807) is 6.08 Å². The molecule has 0 aliphatic carbocycles. The van der Waals surface area contributed by atoms with E-state index in [1.807, 2.05) is 37.7 Å². The van der Waals surface area contributed by atoms with Gasteiger partial charge in [-0.05, 0) is 37.1 Å². The lowest BCUT2D eigenvalue weighted by atomic mass is 9.84. The summed E-state index contributed by atoms with van der Waals surface area (Å²) in [5, 5.41) is 0. The van der Waals surface area contributed by atoms with Gasteiger partial charge in [0.1, 0.15) is 0 Å². The topological polar surface area (TPSA) is 56.2 Å². The molecule has 0 saturated carbocycles. The first-order valence-electron chi connectivity index (χ1n) is 7.86. The molecule has 0 fully saturated rings. The van der Waals surface area contributed by atoms with Crippen LogP contribution >= 0.6 is 0 Å². The summed E-state index contributed by atoms with van der Waals surface area (Å²) in [5.41, 5.74) is 3.13. The van der Waals surface area contributed by atoms with Crippen molar-refractivity contribution < 1.29 is 9.59 Å². The first-order valence-corrected chi connectivity index (χ1v) is 7.86. The number of benzene rings is 1. The Kier molecular flexibility index (Phi) is 3.51. The van der Waals surface area contributed by atoms with Gasteiger partial charge in [-0.3, -0.25) is 9.69 Å². The number of aliphatic imine (C=N–C) groups is 1. The molecule has 0 bridgehead atoms. The summed E-state index contributed by atoms with van der Waals surface area (Å²) in [6.07, 6.45) is 2.07. The fourth-order valence-electron chi connectivity index (χ4n) is 3.53. The molecule has 1 atom stereocenters. The van der Waals surface area contributed by atoms with Crippen molar-refractivity contribution >= 4 is 29.1 Å². The van der Waals surface area contributed by atoms with Crippen LogP contribution < -0.4 is 9.80 Å². The minimum atomic E-state index is -1.05. The summed E-state index contributed by atoms with van der Waals surface area (Å²) in [6, 6.07) is 3.60. The number of anilines is 2. The molecule has 3 rings (SSSR count). The van der Waals surface area contributed by atoms with Crippen molar-refractivity contribution in [3.05, 3.63) is 35.9 Å². The number of rotatable bonds is 2. The first kappa shape index (κ1) is 16.2. The molecule has 6 heteroatoms. The minimum absolute atomic E-state index is 0.282. The summed E-state index contributed by atoms with van der Waals surface area (Å²) in [6.45, 7) is 7.90. The number of hydrogen-bond donors (Lipinski definition) is 0. The van der Waals surface area contributed by atoms with Gasteiger partial charge in [0.15, 0.2) is 11.4 Å². The normalized spacial score (nSPS) is 23.0. The van der Waals surface area contributed by atoms with Gasteiger partial charge in [-0.25, -0.2) is 4.79 Å². The lowest BCUT2D eigenvalue weighted by Gasteiger charge is -2.52. The fraction of sp³-hybridized carbons (Fsp3) is 0.389. The van der Waals surface area contributed by atoms with E-state index in [9.17, 15) is 9.59 Å². The highest BCUT2D eigenvalue weighted by Crippen LogP contribution is 2.44. The molecule has 1 unspecified atom stereocenters. The molecule has 0 spiro atoms. The van der Waals surface area contributed by atoms with E-state index in [0.29, 0.717) is 12.3 Å². The molecule has 24 heavy (non-hydrogen) atoms. The lowest BCUT2D eigenvalue weighted by Crippen LogP contribution is -2.71. The van der Waals surface area contributed by atoms with E-state index in [2.05, 4.69) is 23.7 Å². The molecule has 3 amide bonds. The summed E-state index contributed by atoms with van der Waals surface area (Å²) in [7, 11) is 5.20. The van der Waals surface area contributed by atoms with Crippen LogP contribution in [0.1, 0.15) is 17.5 Å². The van der Waals surface area contributed by atoms with Crippen molar-refractivity contribution in [1.29, 1.82) is 0 Å². The molecule has 0 saturated heterocycles. The number of urea groups is 1. The van der Waals surface area contributed by atoms with Gasteiger partial charge in [0.25, 0.3) is 5.91 Å². The molecule has 0 N–H and O–H groups in total. The number of carbonyl (C=O) groups is 2. The Morgan fingerprint density at radius 1 is 1.08 bits per heavy atom. The standard InChI is InChI=1S/C18H22N4O2/c1-7-8-18-15(19-17(24)21(5)16(18)23)20(4)13-9-11(2)12(3)10-14(13)22(18)6/h7,9-10H,1,8H2,2-6H3. The number of imide groups is 1. The van der Waals surface area contributed by atoms with E-state index >= 15 is 0 Å². The van der Waals surface area contributed by atoms with Crippen molar-refractivity contribution in [2.45, 2.75) is 25.8 Å². The number of amidine groups is 1. The second-order valence-electron chi connectivity index (χ2n) is 6.48. The predicted octanol–water partition coefficient (Wildman–Crippen LogP) is 2.49. The van der Waals surface area contributed by atoms with Gasteiger partial charge in [0, 0.05) is 27.6 Å². The van der Waals surface area contributed by atoms with Gasteiger partial charge in [-0.1, -0.05) is 6.08 Å². The molecule has 2 aliphatic heterocycles. The van der Waals surface area contributed by atoms with Crippen molar-refractivity contribution in [2.75, 3.05) is 30.9 Å². The Morgan fingerprint density at radius 3 is 2.25 bits per heavy atom. The van der Waals surface area contributed by atoms with Crippen molar-refractivity contribution in [1.82, 2.24) is 4.90 Å². The Hall–Kier alpha value is -2.63. The largest absolute Gasteiger partial charge is 0.352 e. The number of aryl methyl sites for hydroxylation is 2. The van der Waals surface area contributed by atoms with E-state index < -0.39 is 11.6 Å². The summed E-state index contributed by atoms with van der Waals surface area (Å²) < 4.78 is 0. The van der Waals surface area contributed by atoms with Crippen LogP contribution in [0.5, 0.6) is 0 Å². The SMILES string of the molecule is C=CCC12C(=O)N(C)C(=O)N=C1N(C)c1cc(C)c(C)cc1N2C. The average molecular weight is 326 g/mol. The first-order chi connectivity index (χ1) is 11.3. The van der Waals surface area contributed by atoms with E-state index in [4.69, 9.17) is 0 Å². The van der Waals surface area contributed by atoms with E-state index in [1.165, 1.54) is 7.05 Å². The van der Waals surface area contributed by atoms with Crippen LogP contribution in [0, 0.1) is 13.8 Å². The van der Waals surface area contributed by atoms with Crippen molar-refractivity contribution in [3.8, 4) is 0 Å². The fourth-order valence-corrected chi connectivity index (χ4v) is 3.53. The molecule has 0 radical (unpaired) electrons. The third-order valence-corrected chi connectivity index (χ3v) is 5.16. The third kappa shape index (κ3) is 1.85. The van der Waals surface area contributed by atoms with E-state index in [-0.39, 0.29) is 5.91 Å². The van der Waals surface area contributed by atoms with Gasteiger partial charge in [-0.2, -0.15) is 4.99 Å². The third-order valence-electron chi connectivity index (χ3n) is 5.16. The quantitative estimate of drug-likeness (QED) is 0.784. The minimum Gasteiger partial charge on any atom is -0.352 e. The Labute approximate surface area is 142 Å². The van der Waals surface area contributed by atoms with Crippen LogP contribution in [0.4, 0.5) is 16.2 Å². The highest BCUT2D eigenvalue weighted by atomic mass is 16.2. The molecule has 1 aromatic rings. The van der Waals surface area contributed by atoms with Gasteiger partial charge in [-0.15, -0.1) is 6.58 Å². The second-order valence-corrected chi connectivity index (χ2v) is 6.48. The number of likely N-dealkylation sites (N-methyl/N-ethyl adjacent to an activating group) is 3. The number of carbonyl (C=O) groups excluding carboxylic acids is 2. The van der Waals surface area contributed by atoms with Crippen molar-refractivity contribution in [2.24, 2.45) is 4.99 Å². The van der Waals surface area contributed by atoms with Gasteiger partial charge in [0.2, 0.25) is 0 Å². The summed E-state index contributed by atoms with van der Waals surface area (Å²) in [4.78, 5) is 34.3. The van der Waals surface area contributed by atoms with Crippen molar-refractivity contribution in [3.63, 3.8) is 0 Å². The zero-order valence-electron chi connectivity index (χ0n) is 14.8. The molecule has 2 heterocycles. The predicted molar refractivity (Wildman–Crippen MR) is 95.9 cm³/mol. The van der Waals surface area contributed by atoms with Crippen LogP contribution in [-0.4, -0.2) is 49.4 Å². The number of amides is 3. The molecule has 126 valence electrons. The highest BCUT2D eigenvalue weighted by Gasteiger charge is 2.56. The number of hydrogen-bond acceptors (Lipinski definition) is 4. The monoisotopic (exact) mass is 326 g/mol. The maximum atomic E-state index is 13.1. The Balaban J connectivity index is 2.35. The number of nitrogens with zero attached hydrogens (tertiary/aromatic N) is 4. The zero-order valence-corrected chi connectivity index (χ0v) is 14.8. The smallest absolute Gasteiger partial charge is 0.351 e. The van der Waals surface area contributed by atoms with Crippen LogP contribution in [0.15, 0.2) is 29.8 Å². The van der Waals surface area contributed by atoms with Crippen LogP contribution in [-0.2, 0) is 4.79 Å². The Bertz CT molecular complexity index is 798. The van der Waals surface area contributed by atoms with Crippen LogP contribution in [0.25, 0.3) is 0 Å². The second kappa shape index (κ2) is 5.19. The highest BCUT2D eigenvalue weighted by molar-refractivity contribution is 6.30. The molecular formula is C18H22N4O2.